The maximum atomic E-state index is 13.9. The van der Waals surface area contributed by atoms with E-state index in [2.05, 4.69) is 20.3 Å². The third-order valence-electron chi connectivity index (χ3n) is 5.30. The quantitative estimate of drug-likeness (QED) is 0.750. The zero-order valence-corrected chi connectivity index (χ0v) is 14.8. The van der Waals surface area contributed by atoms with E-state index in [9.17, 15) is 9.18 Å². The van der Waals surface area contributed by atoms with E-state index >= 15 is 0 Å². The van der Waals surface area contributed by atoms with Crippen LogP contribution in [0.3, 0.4) is 0 Å². The molecule has 2 atom stereocenters. The van der Waals surface area contributed by atoms with Crippen molar-refractivity contribution >= 4 is 23.7 Å². The molecule has 7 nitrogen and oxygen atoms in total. The first-order valence-corrected chi connectivity index (χ1v) is 9.00. The minimum Gasteiger partial charge on any atom is -0.368 e. The molecule has 4 rings (SSSR count). The van der Waals surface area contributed by atoms with Crippen LogP contribution < -0.4 is 16.0 Å². The average molecular weight is 368 g/mol. The Kier molecular flexibility index (Phi) is 4.70. The van der Waals surface area contributed by atoms with Gasteiger partial charge in [-0.2, -0.15) is 4.98 Å². The summed E-state index contributed by atoms with van der Waals surface area (Å²) in [5.41, 5.74) is 6.45. The fourth-order valence-electron chi connectivity index (χ4n) is 3.91. The summed E-state index contributed by atoms with van der Waals surface area (Å²) in [5.74, 6) is 1.48. The number of carbonyl (C=O) groups is 1. The largest absolute Gasteiger partial charge is 0.368 e. The van der Waals surface area contributed by atoms with Gasteiger partial charge in [0.15, 0.2) is 11.6 Å². The molecule has 0 radical (unpaired) electrons. The van der Waals surface area contributed by atoms with Crippen LogP contribution in [0, 0.1) is 23.6 Å². The van der Waals surface area contributed by atoms with E-state index in [-0.39, 0.29) is 11.9 Å². The number of halogens is 1. The summed E-state index contributed by atoms with van der Waals surface area (Å²) in [6.45, 7) is 2.19. The number of anilines is 2. The van der Waals surface area contributed by atoms with Crippen LogP contribution in [0.15, 0.2) is 36.8 Å². The summed E-state index contributed by atoms with van der Waals surface area (Å²) >= 11 is 0. The third-order valence-corrected chi connectivity index (χ3v) is 5.30. The zero-order chi connectivity index (χ0) is 18.8. The molecule has 2 unspecified atom stereocenters. The maximum absolute atomic E-state index is 13.9. The summed E-state index contributed by atoms with van der Waals surface area (Å²) in [6.07, 6.45) is 8.72. The fraction of sp³-hybridized carbons (Fsp3) is 0.368. The van der Waals surface area contributed by atoms with Gasteiger partial charge in [0.1, 0.15) is 0 Å². The van der Waals surface area contributed by atoms with E-state index in [0.717, 1.165) is 31.3 Å². The van der Waals surface area contributed by atoms with Crippen molar-refractivity contribution < 1.29 is 9.18 Å². The Labute approximate surface area is 156 Å². The number of pyridine rings is 1. The van der Waals surface area contributed by atoms with Crippen LogP contribution in [0.4, 0.5) is 16.2 Å². The predicted molar refractivity (Wildman–Crippen MR) is 100.0 cm³/mol. The number of aromatic nitrogens is 3. The molecule has 140 valence electrons. The first-order chi connectivity index (χ1) is 13.1. The Hall–Kier alpha value is -3.03. The van der Waals surface area contributed by atoms with E-state index < -0.39 is 5.82 Å². The molecule has 1 aliphatic heterocycles. The average Bonchev–Trinajstić information content (AvgIpc) is 3.12. The number of hydrogen-bond donors (Lipinski definition) is 2. The first kappa shape index (κ1) is 17.4. The number of carbonyl (C=O) groups excluding carboxylic acids is 1. The van der Waals surface area contributed by atoms with Gasteiger partial charge in [-0.3, -0.25) is 9.78 Å². The van der Waals surface area contributed by atoms with Crippen LogP contribution in [0.25, 0.3) is 6.08 Å². The van der Waals surface area contributed by atoms with Gasteiger partial charge in [-0.15, -0.1) is 0 Å². The molecule has 2 aromatic rings. The highest BCUT2D eigenvalue weighted by atomic mass is 19.1. The molecule has 1 amide bonds. The van der Waals surface area contributed by atoms with Crippen LogP contribution in [0.2, 0.25) is 0 Å². The summed E-state index contributed by atoms with van der Waals surface area (Å²) < 4.78 is 13.9. The Morgan fingerprint density at radius 3 is 2.93 bits per heavy atom. The van der Waals surface area contributed by atoms with Gasteiger partial charge < -0.3 is 16.0 Å². The lowest BCUT2D eigenvalue weighted by Gasteiger charge is -2.21. The monoisotopic (exact) mass is 368 g/mol. The molecule has 1 saturated heterocycles. The van der Waals surface area contributed by atoms with Crippen molar-refractivity contribution in [1.29, 1.82) is 0 Å². The highest BCUT2D eigenvalue weighted by Crippen LogP contribution is 2.54. The topological polar surface area (TPSA) is 97.0 Å². The number of nitrogens with zero attached hydrogens (tertiary/aromatic N) is 4. The molecule has 0 bridgehead atoms. The molecule has 1 aliphatic carbocycles. The number of nitrogen functional groups attached to an aromatic ring is 1. The van der Waals surface area contributed by atoms with E-state index in [1.54, 1.807) is 18.5 Å². The molecule has 2 aliphatic rings. The number of rotatable bonds is 6. The highest BCUT2D eigenvalue weighted by molar-refractivity contribution is 5.91. The normalized spacial score (nSPS) is 23.4. The van der Waals surface area contributed by atoms with Crippen LogP contribution in [-0.4, -0.2) is 40.5 Å². The molecular formula is C19H21FN6O. The lowest BCUT2D eigenvalue weighted by Crippen LogP contribution is -2.28. The number of amides is 1. The van der Waals surface area contributed by atoms with Crippen molar-refractivity contribution in [2.75, 3.05) is 30.3 Å². The Morgan fingerprint density at radius 2 is 2.19 bits per heavy atom. The number of hydrogen-bond acceptors (Lipinski definition) is 6. The Bertz CT molecular complexity index is 847. The molecule has 27 heavy (non-hydrogen) atoms. The molecule has 2 aromatic heterocycles. The summed E-state index contributed by atoms with van der Waals surface area (Å²) in [7, 11) is 0. The maximum Gasteiger partial charge on any atom is 0.244 e. The van der Waals surface area contributed by atoms with E-state index in [1.165, 1.54) is 6.08 Å². The molecule has 3 N–H and O–H groups in total. The van der Waals surface area contributed by atoms with E-state index in [4.69, 9.17) is 5.73 Å². The van der Waals surface area contributed by atoms with Crippen LogP contribution in [-0.2, 0) is 4.79 Å². The number of piperidine rings is 1. The molecule has 8 heteroatoms. The van der Waals surface area contributed by atoms with E-state index in [1.807, 2.05) is 17.0 Å². The summed E-state index contributed by atoms with van der Waals surface area (Å²) in [4.78, 5) is 25.5. The standard InChI is InChI=1S/C19H21FN6O/c20-16-9-24-19(21)25-18(16)26-10-14-13(15(14)11-26)5-7-23-17(27)4-3-12-2-1-6-22-8-12/h1-4,6,8-9,13-15H,5,7,10-11H2,(H,23,27)(H2,21,24,25)/b4-3+. The summed E-state index contributed by atoms with van der Waals surface area (Å²) in [6, 6.07) is 3.72. The lowest BCUT2D eigenvalue weighted by atomic mass is 10.2. The van der Waals surface area contributed by atoms with Crippen LogP contribution >= 0.6 is 0 Å². The third kappa shape index (κ3) is 3.89. The Morgan fingerprint density at radius 1 is 1.37 bits per heavy atom. The van der Waals surface area contributed by atoms with E-state index in [0.29, 0.717) is 30.1 Å². The molecule has 3 heterocycles. The Balaban J connectivity index is 1.20. The second-order valence-corrected chi connectivity index (χ2v) is 7.00. The van der Waals surface area contributed by atoms with Crippen molar-refractivity contribution in [3.63, 3.8) is 0 Å². The molecule has 0 aromatic carbocycles. The molecular weight excluding hydrogens is 347 g/mol. The molecule has 0 spiro atoms. The van der Waals surface area contributed by atoms with Crippen LogP contribution in [0.1, 0.15) is 12.0 Å². The van der Waals surface area contributed by atoms with Crippen LogP contribution in [0.5, 0.6) is 0 Å². The van der Waals surface area contributed by atoms with Gasteiger partial charge in [0.2, 0.25) is 11.9 Å². The van der Waals surface area contributed by atoms with Gasteiger partial charge in [0.25, 0.3) is 0 Å². The van der Waals surface area contributed by atoms with Gasteiger partial charge >= 0.3 is 0 Å². The SMILES string of the molecule is Nc1ncc(F)c(N2CC3C(CCNC(=O)/C=C/c4cccnc4)C3C2)n1. The van der Waals surface area contributed by atoms with Crippen molar-refractivity contribution in [1.82, 2.24) is 20.3 Å². The number of nitrogens with one attached hydrogen (secondary N) is 1. The van der Waals surface area contributed by atoms with Gasteiger partial charge in [-0.05, 0) is 41.9 Å². The second-order valence-electron chi connectivity index (χ2n) is 7.00. The second kappa shape index (κ2) is 7.30. The number of fused-ring (bicyclic) bond motifs is 1. The highest BCUT2D eigenvalue weighted by Gasteiger charge is 2.55. The molecule has 2 fully saturated rings. The van der Waals surface area contributed by atoms with Crippen molar-refractivity contribution in [2.45, 2.75) is 6.42 Å². The van der Waals surface area contributed by atoms with Gasteiger partial charge in [0, 0.05) is 38.1 Å². The fourth-order valence-corrected chi connectivity index (χ4v) is 3.91. The minimum atomic E-state index is -0.435. The predicted octanol–water partition coefficient (Wildman–Crippen LogP) is 1.49. The summed E-state index contributed by atoms with van der Waals surface area (Å²) in [5, 5.41) is 2.92. The van der Waals surface area contributed by atoms with Gasteiger partial charge in [0.05, 0.1) is 6.20 Å². The molecule has 1 saturated carbocycles. The van der Waals surface area contributed by atoms with Gasteiger partial charge in [-0.25, -0.2) is 9.37 Å². The van der Waals surface area contributed by atoms with Gasteiger partial charge in [-0.1, -0.05) is 6.07 Å². The van der Waals surface area contributed by atoms with Crippen molar-refractivity contribution in [3.8, 4) is 0 Å². The zero-order valence-electron chi connectivity index (χ0n) is 14.8. The number of nitrogens with two attached hydrogens (primary N) is 1. The van der Waals surface area contributed by atoms with Crippen molar-refractivity contribution in [3.05, 3.63) is 48.2 Å². The lowest BCUT2D eigenvalue weighted by molar-refractivity contribution is -0.116. The smallest absolute Gasteiger partial charge is 0.244 e. The van der Waals surface area contributed by atoms with Crippen molar-refractivity contribution in [2.24, 2.45) is 17.8 Å². The first-order valence-electron chi connectivity index (χ1n) is 9.00. The minimum absolute atomic E-state index is 0.0885.